The number of rotatable bonds is 7. The van der Waals surface area contributed by atoms with E-state index in [0.717, 1.165) is 19.0 Å². The molecule has 0 aromatic carbocycles. The molecule has 0 spiro atoms. The highest BCUT2D eigenvalue weighted by molar-refractivity contribution is 14.0. The van der Waals surface area contributed by atoms with E-state index in [1.54, 1.807) is 6.92 Å². The number of nitrogens with zero attached hydrogens (tertiary/aromatic N) is 3. The van der Waals surface area contributed by atoms with Crippen LogP contribution in [0.15, 0.2) is 9.52 Å². The average molecular weight is 395 g/mol. The molecule has 0 saturated heterocycles. The van der Waals surface area contributed by atoms with E-state index in [1.807, 2.05) is 6.92 Å². The number of hydrogen-bond donors (Lipinski definition) is 2. The van der Waals surface area contributed by atoms with Crippen molar-refractivity contribution in [2.24, 2.45) is 10.9 Å². The Morgan fingerprint density at radius 3 is 2.45 bits per heavy atom. The number of aromatic nitrogens is 2. The van der Waals surface area contributed by atoms with Crippen LogP contribution in [0.2, 0.25) is 0 Å². The van der Waals surface area contributed by atoms with Crippen molar-refractivity contribution in [1.82, 2.24) is 20.8 Å². The maximum Gasteiger partial charge on any atom is 0.248 e. The molecule has 0 amide bonds. The lowest BCUT2D eigenvalue weighted by atomic mass is 10.0. The zero-order valence-electron chi connectivity index (χ0n) is 12.8. The topological polar surface area (TPSA) is 75.3 Å². The third-order valence-electron chi connectivity index (χ3n) is 3.00. The number of nitrogens with one attached hydrogen (secondary N) is 2. The van der Waals surface area contributed by atoms with Crippen LogP contribution in [-0.4, -0.2) is 29.2 Å². The van der Waals surface area contributed by atoms with Gasteiger partial charge in [-0.25, -0.2) is 4.99 Å². The lowest BCUT2D eigenvalue weighted by Crippen LogP contribution is -2.39. The third kappa shape index (κ3) is 7.06. The third-order valence-corrected chi connectivity index (χ3v) is 3.00. The van der Waals surface area contributed by atoms with Gasteiger partial charge in [-0.05, 0) is 19.8 Å². The van der Waals surface area contributed by atoms with Gasteiger partial charge in [0.25, 0.3) is 0 Å². The van der Waals surface area contributed by atoms with Gasteiger partial charge in [-0.3, -0.25) is 0 Å². The molecule has 116 valence electrons. The van der Waals surface area contributed by atoms with Gasteiger partial charge in [0.1, 0.15) is 6.54 Å². The lowest BCUT2D eigenvalue weighted by molar-refractivity contribution is 0.376. The Labute approximate surface area is 138 Å². The van der Waals surface area contributed by atoms with Crippen molar-refractivity contribution < 1.29 is 4.52 Å². The summed E-state index contributed by atoms with van der Waals surface area (Å²) in [6.45, 7) is 10.4. The molecular formula is C13H26IN5O. The summed E-state index contributed by atoms with van der Waals surface area (Å²) in [5, 5.41) is 10.3. The van der Waals surface area contributed by atoms with Gasteiger partial charge in [-0.15, -0.1) is 24.0 Å². The molecule has 20 heavy (non-hydrogen) atoms. The highest BCUT2D eigenvalue weighted by Crippen LogP contribution is 2.05. The number of aryl methyl sites for hydroxylation is 1. The Bertz CT molecular complexity index is 390. The summed E-state index contributed by atoms with van der Waals surface area (Å²) >= 11 is 0. The van der Waals surface area contributed by atoms with Gasteiger partial charge < -0.3 is 15.2 Å². The molecule has 0 fully saturated rings. The number of hydrogen-bond acceptors (Lipinski definition) is 4. The molecule has 0 aliphatic rings. The van der Waals surface area contributed by atoms with Crippen LogP contribution in [0.3, 0.4) is 0 Å². The fourth-order valence-electron chi connectivity index (χ4n) is 1.71. The van der Waals surface area contributed by atoms with Crippen molar-refractivity contribution in [2.75, 3.05) is 13.1 Å². The first kappa shape index (κ1) is 19.1. The molecule has 7 heteroatoms. The van der Waals surface area contributed by atoms with Crippen molar-refractivity contribution in [3.63, 3.8) is 0 Å². The summed E-state index contributed by atoms with van der Waals surface area (Å²) in [5.41, 5.74) is 0. The summed E-state index contributed by atoms with van der Waals surface area (Å²) in [6, 6.07) is 0. The predicted molar refractivity (Wildman–Crippen MR) is 91.3 cm³/mol. The SMILES string of the molecule is CCNC(=NCc1nc(C)no1)NCC(CC)CC.I. The van der Waals surface area contributed by atoms with Crippen molar-refractivity contribution >= 4 is 29.9 Å². The maximum atomic E-state index is 5.04. The van der Waals surface area contributed by atoms with Gasteiger partial charge in [-0.1, -0.05) is 31.8 Å². The molecule has 0 bridgehead atoms. The molecule has 1 aromatic rings. The molecule has 0 radical (unpaired) electrons. The van der Waals surface area contributed by atoms with Crippen LogP contribution >= 0.6 is 24.0 Å². The molecule has 1 heterocycles. The minimum atomic E-state index is 0. The minimum absolute atomic E-state index is 0. The zero-order valence-corrected chi connectivity index (χ0v) is 15.1. The van der Waals surface area contributed by atoms with Gasteiger partial charge in [0, 0.05) is 13.1 Å². The summed E-state index contributed by atoms with van der Waals surface area (Å²) in [5.74, 6) is 2.65. The summed E-state index contributed by atoms with van der Waals surface area (Å²) in [4.78, 5) is 8.57. The fraction of sp³-hybridized carbons (Fsp3) is 0.769. The van der Waals surface area contributed by atoms with Crippen LogP contribution in [0.4, 0.5) is 0 Å². The molecule has 0 aliphatic carbocycles. The predicted octanol–water partition coefficient (Wildman–Crippen LogP) is 2.49. The second-order valence-electron chi connectivity index (χ2n) is 4.49. The minimum Gasteiger partial charge on any atom is -0.357 e. The van der Waals surface area contributed by atoms with Crippen LogP contribution in [0, 0.1) is 12.8 Å². The summed E-state index contributed by atoms with van der Waals surface area (Å²) in [6.07, 6.45) is 2.34. The van der Waals surface area contributed by atoms with Crippen LogP contribution in [-0.2, 0) is 6.54 Å². The molecule has 2 N–H and O–H groups in total. The van der Waals surface area contributed by atoms with E-state index in [-0.39, 0.29) is 24.0 Å². The molecule has 0 aliphatic heterocycles. The molecule has 6 nitrogen and oxygen atoms in total. The lowest BCUT2D eigenvalue weighted by Gasteiger charge is -2.16. The monoisotopic (exact) mass is 395 g/mol. The number of guanidine groups is 1. The molecule has 0 unspecified atom stereocenters. The van der Waals surface area contributed by atoms with E-state index in [0.29, 0.717) is 24.2 Å². The van der Waals surface area contributed by atoms with Gasteiger partial charge in [0.2, 0.25) is 5.89 Å². The van der Waals surface area contributed by atoms with Gasteiger partial charge in [-0.2, -0.15) is 4.98 Å². The standard InChI is InChI=1S/C13H25N5O.HI/c1-5-11(6-2)8-15-13(14-7-3)16-9-12-17-10(4)18-19-12;/h11H,5-9H2,1-4H3,(H2,14,15,16);1H. The Morgan fingerprint density at radius 2 is 1.95 bits per heavy atom. The molecule has 1 rings (SSSR count). The smallest absolute Gasteiger partial charge is 0.248 e. The quantitative estimate of drug-likeness (QED) is 0.422. The number of halogens is 1. The Hall–Kier alpha value is -0.860. The Kier molecular flexibility index (Phi) is 10.4. The van der Waals surface area contributed by atoms with E-state index >= 15 is 0 Å². The normalized spacial score (nSPS) is 11.3. The molecule has 0 atom stereocenters. The van der Waals surface area contributed by atoms with Crippen molar-refractivity contribution in [3.05, 3.63) is 11.7 Å². The van der Waals surface area contributed by atoms with Crippen molar-refractivity contribution in [3.8, 4) is 0 Å². The Morgan fingerprint density at radius 1 is 1.25 bits per heavy atom. The van der Waals surface area contributed by atoms with Crippen molar-refractivity contribution in [1.29, 1.82) is 0 Å². The fourth-order valence-corrected chi connectivity index (χ4v) is 1.71. The summed E-state index contributed by atoms with van der Waals surface area (Å²) in [7, 11) is 0. The molecular weight excluding hydrogens is 369 g/mol. The van der Waals surface area contributed by atoms with Crippen LogP contribution < -0.4 is 10.6 Å². The number of aliphatic imine (C=N–C) groups is 1. The Balaban J connectivity index is 0.00000361. The van der Waals surface area contributed by atoms with Crippen LogP contribution in [0.25, 0.3) is 0 Å². The highest BCUT2D eigenvalue weighted by Gasteiger charge is 2.06. The molecule has 0 saturated carbocycles. The van der Waals surface area contributed by atoms with Crippen molar-refractivity contribution in [2.45, 2.75) is 47.1 Å². The first-order chi connectivity index (χ1) is 9.19. The van der Waals surface area contributed by atoms with E-state index < -0.39 is 0 Å². The van der Waals surface area contributed by atoms with E-state index in [1.165, 1.54) is 12.8 Å². The van der Waals surface area contributed by atoms with Gasteiger partial charge >= 0.3 is 0 Å². The van der Waals surface area contributed by atoms with Gasteiger partial charge in [0.15, 0.2) is 11.8 Å². The van der Waals surface area contributed by atoms with E-state index in [2.05, 4.69) is 39.6 Å². The van der Waals surface area contributed by atoms with E-state index in [4.69, 9.17) is 4.52 Å². The summed E-state index contributed by atoms with van der Waals surface area (Å²) < 4.78 is 5.04. The largest absolute Gasteiger partial charge is 0.357 e. The maximum absolute atomic E-state index is 5.04. The second-order valence-corrected chi connectivity index (χ2v) is 4.49. The molecule has 1 aromatic heterocycles. The first-order valence-corrected chi connectivity index (χ1v) is 7.00. The average Bonchev–Trinajstić information content (AvgIpc) is 2.82. The highest BCUT2D eigenvalue weighted by atomic mass is 127. The van der Waals surface area contributed by atoms with Gasteiger partial charge in [0.05, 0.1) is 0 Å². The van der Waals surface area contributed by atoms with Crippen LogP contribution in [0.5, 0.6) is 0 Å². The zero-order chi connectivity index (χ0) is 14.1. The van der Waals surface area contributed by atoms with Crippen LogP contribution in [0.1, 0.15) is 45.3 Å². The van der Waals surface area contributed by atoms with E-state index in [9.17, 15) is 0 Å². The first-order valence-electron chi connectivity index (χ1n) is 7.00. The second kappa shape index (κ2) is 10.9.